The highest BCUT2D eigenvalue weighted by Gasteiger charge is 2.25. The summed E-state index contributed by atoms with van der Waals surface area (Å²) >= 11 is 0. The number of nitrogens with zero attached hydrogens (tertiary/aromatic N) is 3. The topological polar surface area (TPSA) is 85.0 Å². The molecule has 0 radical (unpaired) electrons. The smallest absolute Gasteiger partial charge is 0.258 e. The van der Waals surface area contributed by atoms with E-state index in [-0.39, 0.29) is 5.82 Å². The fraction of sp³-hybridized carbons (Fsp3) is 0.250. The summed E-state index contributed by atoms with van der Waals surface area (Å²) in [6.07, 6.45) is 6.71. The molecule has 2 aliphatic rings. The van der Waals surface area contributed by atoms with E-state index in [0.29, 0.717) is 41.5 Å². The molecule has 0 saturated heterocycles. The molecule has 1 aliphatic heterocycles. The van der Waals surface area contributed by atoms with Crippen LogP contribution in [0.3, 0.4) is 0 Å². The fourth-order valence-corrected chi connectivity index (χ4v) is 2.97. The number of aromatic nitrogens is 4. The Morgan fingerprint density at radius 3 is 2.71 bits per heavy atom. The third-order valence-corrected chi connectivity index (χ3v) is 4.53. The van der Waals surface area contributed by atoms with Crippen molar-refractivity contribution >= 4 is 5.95 Å². The summed E-state index contributed by atoms with van der Waals surface area (Å²) < 4.78 is 24.5. The molecule has 0 amide bonds. The maximum absolute atomic E-state index is 13.4. The molecular formula is C20H18FN5O2. The SMILES string of the molecule is Fc1ccc(-c2nc(C3OC=CCO3)[nH]c2-c2ccnc(NC3CC3)n2)cc1. The van der Waals surface area contributed by atoms with Gasteiger partial charge in [0, 0.05) is 17.8 Å². The molecule has 3 aromatic rings. The van der Waals surface area contributed by atoms with E-state index in [1.54, 1.807) is 30.7 Å². The number of benzene rings is 1. The first-order valence-corrected chi connectivity index (χ1v) is 9.14. The second kappa shape index (κ2) is 7.05. The average molecular weight is 379 g/mol. The summed E-state index contributed by atoms with van der Waals surface area (Å²) in [5.41, 5.74) is 2.79. The van der Waals surface area contributed by atoms with Crippen molar-refractivity contribution in [3.8, 4) is 22.6 Å². The summed E-state index contributed by atoms with van der Waals surface area (Å²) in [7, 11) is 0. The molecule has 0 bridgehead atoms. The normalized spacial score (nSPS) is 18.7. The van der Waals surface area contributed by atoms with Gasteiger partial charge in [0.25, 0.3) is 6.29 Å². The Hall–Kier alpha value is -3.26. The molecule has 1 atom stereocenters. The lowest BCUT2D eigenvalue weighted by Gasteiger charge is -2.17. The third-order valence-electron chi connectivity index (χ3n) is 4.53. The first kappa shape index (κ1) is 16.9. The number of H-pyrrole nitrogens is 1. The number of rotatable bonds is 5. The molecule has 8 heteroatoms. The van der Waals surface area contributed by atoms with Crippen LogP contribution in [-0.4, -0.2) is 32.6 Å². The van der Waals surface area contributed by atoms with Crippen LogP contribution in [0.1, 0.15) is 25.0 Å². The zero-order chi connectivity index (χ0) is 18.9. The minimum Gasteiger partial charge on any atom is -0.465 e. The number of hydrogen-bond acceptors (Lipinski definition) is 6. The van der Waals surface area contributed by atoms with Crippen LogP contribution in [0, 0.1) is 5.82 Å². The third kappa shape index (κ3) is 3.46. The van der Waals surface area contributed by atoms with Crippen molar-refractivity contribution in [1.29, 1.82) is 0 Å². The molecule has 1 saturated carbocycles. The molecule has 3 heterocycles. The molecule has 1 aromatic carbocycles. The van der Waals surface area contributed by atoms with Crippen LogP contribution in [0.25, 0.3) is 22.6 Å². The van der Waals surface area contributed by atoms with Gasteiger partial charge in [-0.2, -0.15) is 0 Å². The van der Waals surface area contributed by atoms with Crippen molar-refractivity contribution in [3.05, 3.63) is 60.5 Å². The van der Waals surface area contributed by atoms with E-state index in [9.17, 15) is 4.39 Å². The van der Waals surface area contributed by atoms with Gasteiger partial charge in [0.2, 0.25) is 5.95 Å². The highest BCUT2D eigenvalue weighted by atomic mass is 19.1. The Morgan fingerprint density at radius 2 is 1.96 bits per heavy atom. The quantitative estimate of drug-likeness (QED) is 0.701. The Kier molecular flexibility index (Phi) is 4.25. The Morgan fingerprint density at radius 1 is 1.11 bits per heavy atom. The Balaban J connectivity index is 1.57. The molecular weight excluding hydrogens is 361 g/mol. The first-order valence-electron chi connectivity index (χ1n) is 9.14. The van der Waals surface area contributed by atoms with Crippen LogP contribution in [-0.2, 0) is 9.47 Å². The van der Waals surface area contributed by atoms with Gasteiger partial charge in [0.1, 0.15) is 5.82 Å². The Bertz CT molecular complexity index is 1010. The fourth-order valence-electron chi connectivity index (χ4n) is 2.97. The molecule has 1 unspecified atom stereocenters. The monoisotopic (exact) mass is 379 g/mol. The van der Waals surface area contributed by atoms with Crippen molar-refractivity contribution in [2.24, 2.45) is 0 Å². The lowest BCUT2D eigenvalue weighted by Crippen LogP contribution is -2.11. The summed E-state index contributed by atoms with van der Waals surface area (Å²) in [4.78, 5) is 16.9. The van der Waals surface area contributed by atoms with E-state index in [2.05, 4.69) is 25.3 Å². The van der Waals surface area contributed by atoms with Gasteiger partial charge in [0.15, 0.2) is 5.82 Å². The van der Waals surface area contributed by atoms with Crippen molar-refractivity contribution in [2.45, 2.75) is 25.2 Å². The van der Waals surface area contributed by atoms with E-state index in [1.807, 2.05) is 6.07 Å². The highest BCUT2D eigenvalue weighted by molar-refractivity contribution is 5.77. The first-order chi connectivity index (χ1) is 13.8. The maximum atomic E-state index is 13.4. The molecule has 7 nitrogen and oxygen atoms in total. The van der Waals surface area contributed by atoms with Crippen molar-refractivity contribution in [1.82, 2.24) is 19.9 Å². The molecule has 142 valence electrons. The van der Waals surface area contributed by atoms with E-state index in [1.165, 1.54) is 12.1 Å². The van der Waals surface area contributed by atoms with Gasteiger partial charge in [-0.05, 0) is 49.2 Å². The standard InChI is InChI=1S/C20H18FN5O2/c21-13-4-2-12(3-5-13)16-17(26-18(25-16)19-27-10-1-11-28-19)15-8-9-22-20(24-15)23-14-6-7-14/h1-5,8-10,14,19H,6-7,11H2,(H,25,26)(H,22,23,24). The summed E-state index contributed by atoms with van der Waals surface area (Å²) in [6.45, 7) is 0.440. The number of aromatic amines is 1. The summed E-state index contributed by atoms with van der Waals surface area (Å²) in [5, 5.41) is 3.30. The molecule has 28 heavy (non-hydrogen) atoms. The van der Waals surface area contributed by atoms with Gasteiger partial charge < -0.3 is 19.8 Å². The molecule has 1 aliphatic carbocycles. The minimum atomic E-state index is -0.635. The van der Waals surface area contributed by atoms with E-state index >= 15 is 0 Å². The zero-order valence-electron chi connectivity index (χ0n) is 14.9. The van der Waals surface area contributed by atoms with Crippen LogP contribution in [0.4, 0.5) is 10.3 Å². The molecule has 1 fully saturated rings. The van der Waals surface area contributed by atoms with E-state index in [0.717, 1.165) is 18.4 Å². The van der Waals surface area contributed by atoms with Crippen molar-refractivity contribution < 1.29 is 13.9 Å². The highest BCUT2D eigenvalue weighted by Crippen LogP contribution is 2.33. The summed E-state index contributed by atoms with van der Waals surface area (Å²) in [5.74, 6) is 0.798. The lowest BCUT2D eigenvalue weighted by molar-refractivity contribution is -0.119. The summed E-state index contributed by atoms with van der Waals surface area (Å²) in [6, 6.07) is 8.44. The zero-order valence-corrected chi connectivity index (χ0v) is 14.9. The second-order valence-electron chi connectivity index (χ2n) is 6.71. The molecule has 5 rings (SSSR count). The van der Waals surface area contributed by atoms with Gasteiger partial charge in [-0.1, -0.05) is 0 Å². The van der Waals surface area contributed by atoms with E-state index in [4.69, 9.17) is 9.47 Å². The van der Waals surface area contributed by atoms with Crippen molar-refractivity contribution in [2.75, 3.05) is 11.9 Å². The average Bonchev–Trinajstić information content (AvgIpc) is 3.43. The maximum Gasteiger partial charge on any atom is 0.258 e. The van der Waals surface area contributed by atoms with Gasteiger partial charge in [-0.25, -0.2) is 19.3 Å². The van der Waals surface area contributed by atoms with Crippen molar-refractivity contribution in [3.63, 3.8) is 0 Å². The number of nitrogens with one attached hydrogen (secondary N) is 2. The Labute approximate surface area is 160 Å². The van der Waals surface area contributed by atoms with Gasteiger partial charge in [-0.15, -0.1) is 0 Å². The van der Waals surface area contributed by atoms with Crippen LogP contribution in [0.2, 0.25) is 0 Å². The number of hydrogen-bond donors (Lipinski definition) is 2. The molecule has 0 spiro atoms. The lowest BCUT2D eigenvalue weighted by atomic mass is 10.1. The number of imidazole rings is 1. The molecule has 2 N–H and O–H groups in total. The largest absolute Gasteiger partial charge is 0.465 e. The van der Waals surface area contributed by atoms with Crippen LogP contribution >= 0.6 is 0 Å². The van der Waals surface area contributed by atoms with Crippen LogP contribution < -0.4 is 5.32 Å². The number of anilines is 1. The number of ether oxygens (including phenoxy) is 2. The number of halogens is 1. The second-order valence-corrected chi connectivity index (χ2v) is 6.71. The van der Waals surface area contributed by atoms with Gasteiger partial charge in [0.05, 0.1) is 30.0 Å². The van der Waals surface area contributed by atoms with Gasteiger partial charge in [-0.3, -0.25) is 0 Å². The van der Waals surface area contributed by atoms with Crippen LogP contribution in [0.15, 0.2) is 48.9 Å². The predicted molar refractivity (Wildman–Crippen MR) is 101 cm³/mol. The van der Waals surface area contributed by atoms with Gasteiger partial charge >= 0.3 is 0 Å². The van der Waals surface area contributed by atoms with E-state index < -0.39 is 6.29 Å². The predicted octanol–water partition coefficient (Wildman–Crippen LogP) is 3.81. The minimum absolute atomic E-state index is 0.303. The molecule has 2 aromatic heterocycles. The van der Waals surface area contributed by atoms with Crippen LogP contribution in [0.5, 0.6) is 0 Å².